The largest absolute Gasteiger partial charge is 0.229 e. The summed E-state index contributed by atoms with van der Waals surface area (Å²) in [6.45, 7) is 8.21. The predicted molar refractivity (Wildman–Crippen MR) is 101 cm³/mol. The first-order chi connectivity index (χ1) is 11.1. The molecule has 2 aromatic carbocycles. The smallest absolute Gasteiger partial charge is 0.161 e. The Bertz CT molecular complexity index is 703. The molecule has 2 rings (SSSR count). The molecule has 3 heteroatoms. The van der Waals surface area contributed by atoms with Gasteiger partial charge in [-0.2, -0.15) is 0 Å². The van der Waals surface area contributed by atoms with E-state index in [1.54, 1.807) is 0 Å². The van der Waals surface area contributed by atoms with E-state index in [2.05, 4.69) is 30.4 Å². The van der Waals surface area contributed by atoms with Gasteiger partial charge in [-0.25, -0.2) is 9.98 Å². The fraction of sp³-hybridized carbons (Fsp3) is 0.200. The van der Waals surface area contributed by atoms with Crippen molar-refractivity contribution in [1.29, 1.82) is 0 Å². The Balaban J connectivity index is 2.42. The second kappa shape index (κ2) is 8.44. The Morgan fingerprint density at radius 3 is 2.00 bits per heavy atom. The topological polar surface area (TPSA) is 24.7 Å². The summed E-state index contributed by atoms with van der Waals surface area (Å²) >= 11 is 6.35. The molecule has 1 unspecified atom stereocenters. The summed E-state index contributed by atoms with van der Waals surface area (Å²) in [6.07, 6.45) is 0.935. The highest BCUT2D eigenvalue weighted by Crippen LogP contribution is 2.17. The minimum atomic E-state index is 0.204. The van der Waals surface area contributed by atoms with E-state index in [9.17, 15) is 0 Å². The van der Waals surface area contributed by atoms with Crippen LogP contribution in [-0.4, -0.2) is 11.0 Å². The van der Waals surface area contributed by atoms with Crippen molar-refractivity contribution in [3.8, 4) is 0 Å². The average Bonchev–Trinajstić information content (AvgIpc) is 2.61. The van der Waals surface area contributed by atoms with Crippen LogP contribution in [0.5, 0.6) is 0 Å². The van der Waals surface area contributed by atoms with E-state index in [1.807, 2.05) is 60.7 Å². The molecule has 23 heavy (non-hydrogen) atoms. The fourth-order valence-electron chi connectivity index (χ4n) is 1.94. The maximum atomic E-state index is 6.35. The lowest BCUT2D eigenvalue weighted by molar-refractivity contribution is 0.749. The predicted octanol–water partition coefficient (Wildman–Crippen LogP) is 5.79. The number of halogens is 1. The van der Waals surface area contributed by atoms with Crippen molar-refractivity contribution in [1.82, 2.24) is 0 Å². The van der Waals surface area contributed by atoms with E-state index in [4.69, 9.17) is 11.6 Å². The van der Waals surface area contributed by atoms with Crippen LogP contribution in [0.25, 0.3) is 5.70 Å². The zero-order valence-electron chi connectivity index (χ0n) is 13.5. The molecule has 0 N–H and O–H groups in total. The van der Waals surface area contributed by atoms with Gasteiger partial charge in [-0.1, -0.05) is 92.7 Å². The molecular formula is C20H21ClN2. The molecule has 2 nitrogen and oxygen atoms in total. The number of aliphatic imine (C=N–C) groups is 2. The van der Waals surface area contributed by atoms with Crippen LogP contribution in [0.1, 0.15) is 31.4 Å². The standard InChI is InChI=1S/C20H21ClN2/c1-4-15(2)19(21)23-20(18-13-9-6-10-14-18)22-16(3)17-11-7-5-8-12-17/h5-15H,3-4H2,1-2H3/b22-20-,23-19+. The summed E-state index contributed by atoms with van der Waals surface area (Å²) in [7, 11) is 0. The zero-order valence-corrected chi connectivity index (χ0v) is 14.3. The van der Waals surface area contributed by atoms with Crippen LogP contribution in [0.3, 0.4) is 0 Å². The van der Waals surface area contributed by atoms with E-state index >= 15 is 0 Å². The molecule has 0 amide bonds. The lowest BCUT2D eigenvalue weighted by Gasteiger charge is -2.08. The van der Waals surface area contributed by atoms with E-state index in [0.717, 1.165) is 17.5 Å². The molecule has 0 radical (unpaired) electrons. The number of rotatable bonds is 5. The average molecular weight is 325 g/mol. The molecule has 0 bridgehead atoms. The van der Waals surface area contributed by atoms with Crippen molar-refractivity contribution in [2.24, 2.45) is 15.9 Å². The summed E-state index contributed by atoms with van der Waals surface area (Å²) < 4.78 is 0. The first-order valence-corrected chi connectivity index (χ1v) is 8.12. The Hall–Kier alpha value is -2.19. The highest BCUT2D eigenvalue weighted by molar-refractivity contribution is 6.66. The van der Waals surface area contributed by atoms with Crippen LogP contribution in [0.4, 0.5) is 0 Å². The van der Waals surface area contributed by atoms with Crippen LogP contribution < -0.4 is 0 Å². The SMILES string of the molecule is C=C(/N=C(\N=C(\Cl)C(C)CC)c1ccccc1)c1ccccc1. The van der Waals surface area contributed by atoms with Gasteiger partial charge in [-0.3, -0.25) is 0 Å². The third kappa shape index (κ3) is 4.90. The van der Waals surface area contributed by atoms with E-state index in [-0.39, 0.29) is 5.92 Å². The minimum Gasteiger partial charge on any atom is -0.229 e. The second-order valence-corrected chi connectivity index (χ2v) is 5.75. The Kier molecular flexibility index (Phi) is 6.30. The lowest BCUT2D eigenvalue weighted by atomic mass is 10.1. The number of amidine groups is 1. The maximum absolute atomic E-state index is 6.35. The number of nitrogens with zero attached hydrogens (tertiary/aromatic N) is 2. The van der Waals surface area contributed by atoms with Crippen molar-refractivity contribution in [3.63, 3.8) is 0 Å². The Labute approximate surface area is 143 Å². The maximum Gasteiger partial charge on any atom is 0.161 e. The van der Waals surface area contributed by atoms with Gasteiger partial charge in [-0.05, 0) is 12.0 Å². The van der Waals surface area contributed by atoms with E-state index in [0.29, 0.717) is 16.7 Å². The van der Waals surface area contributed by atoms with Crippen molar-refractivity contribution in [2.75, 3.05) is 0 Å². The Morgan fingerprint density at radius 1 is 0.957 bits per heavy atom. The Morgan fingerprint density at radius 2 is 1.48 bits per heavy atom. The van der Waals surface area contributed by atoms with Gasteiger partial charge in [0.15, 0.2) is 5.84 Å². The van der Waals surface area contributed by atoms with Gasteiger partial charge in [-0.15, -0.1) is 0 Å². The van der Waals surface area contributed by atoms with Gasteiger partial charge in [0.05, 0.1) is 5.70 Å². The molecule has 2 aromatic rings. The fourth-order valence-corrected chi connectivity index (χ4v) is 2.18. The second-order valence-electron chi connectivity index (χ2n) is 5.36. The third-order valence-corrected chi connectivity index (χ3v) is 4.07. The van der Waals surface area contributed by atoms with E-state index in [1.165, 1.54) is 0 Å². The highest BCUT2D eigenvalue weighted by atomic mass is 35.5. The summed E-state index contributed by atoms with van der Waals surface area (Å²) in [5.74, 6) is 0.792. The third-order valence-electron chi connectivity index (χ3n) is 3.61. The molecule has 0 fully saturated rings. The molecule has 0 aliphatic rings. The molecule has 0 saturated heterocycles. The summed E-state index contributed by atoms with van der Waals surface area (Å²) in [5.41, 5.74) is 2.56. The number of hydrogen-bond donors (Lipinski definition) is 0. The van der Waals surface area contributed by atoms with Gasteiger partial charge in [0, 0.05) is 11.5 Å². The van der Waals surface area contributed by atoms with Crippen LogP contribution in [0, 0.1) is 5.92 Å². The van der Waals surface area contributed by atoms with Crippen molar-refractivity contribution >= 4 is 28.3 Å². The number of hydrogen-bond acceptors (Lipinski definition) is 1. The van der Waals surface area contributed by atoms with Gasteiger partial charge in [0.1, 0.15) is 5.17 Å². The quantitative estimate of drug-likeness (QED) is 0.491. The van der Waals surface area contributed by atoms with E-state index < -0.39 is 0 Å². The molecule has 0 heterocycles. The zero-order chi connectivity index (χ0) is 16.7. The van der Waals surface area contributed by atoms with Gasteiger partial charge < -0.3 is 0 Å². The molecule has 0 spiro atoms. The molecule has 0 aliphatic carbocycles. The monoisotopic (exact) mass is 324 g/mol. The van der Waals surface area contributed by atoms with Crippen LogP contribution in [0.2, 0.25) is 0 Å². The van der Waals surface area contributed by atoms with Crippen LogP contribution >= 0.6 is 11.6 Å². The summed E-state index contributed by atoms with van der Waals surface area (Å²) in [6, 6.07) is 19.7. The van der Waals surface area contributed by atoms with Crippen molar-refractivity contribution < 1.29 is 0 Å². The first-order valence-electron chi connectivity index (χ1n) is 7.74. The molecule has 0 saturated carbocycles. The highest BCUT2D eigenvalue weighted by Gasteiger charge is 2.09. The van der Waals surface area contributed by atoms with Gasteiger partial charge >= 0.3 is 0 Å². The molecule has 0 aliphatic heterocycles. The summed E-state index contributed by atoms with van der Waals surface area (Å²) in [4.78, 5) is 9.18. The minimum absolute atomic E-state index is 0.204. The van der Waals surface area contributed by atoms with Gasteiger partial charge in [0.25, 0.3) is 0 Å². The first kappa shape index (κ1) is 17.2. The normalized spacial score (nSPS) is 13.7. The molecule has 0 aromatic heterocycles. The van der Waals surface area contributed by atoms with Crippen LogP contribution in [-0.2, 0) is 0 Å². The van der Waals surface area contributed by atoms with Gasteiger partial charge in [0.2, 0.25) is 0 Å². The number of benzene rings is 2. The summed E-state index contributed by atoms with van der Waals surface area (Å²) in [5, 5.41) is 0.566. The molecule has 1 atom stereocenters. The van der Waals surface area contributed by atoms with Crippen molar-refractivity contribution in [2.45, 2.75) is 20.3 Å². The lowest BCUT2D eigenvalue weighted by Crippen LogP contribution is -2.07. The van der Waals surface area contributed by atoms with Crippen LogP contribution in [0.15, 0.2) is 77.2 Å². The van der Waals surface area contributed by atoms with Crippen molar-refractivity contribution in [3.05, 3.63) is 78.4 Å². The molecule has 118 valence electrons. The molecular weight excluding hydrogens is 304 g/mol.